The molecule has 2 heterocycles. The normalized spacial score (nSPS) is 23.6. The summed E-state index contributed by atoms with van der Waals surface area (Å²) in [6.45, 7) is 5.59. The molecule has 2 aromatic rings. The summed E-state index contributed by atoms with van der Waals surface area (Å²) in [6, 6.07) is 12.7. The molecule has 5 rings (SSSR count). The largest absolute Gasteiger partial charge is 0.497 e. The summed E-state index contributed by atoms with van der Waals surface area (Å²) in [5.74, 6) is -2.80. The molecule has 4 atom stereocenters. The third-order valence-corrected chi connectivity index (χ3v) is 7.48. The molecule has 0 aromatic heterocycles. The minimum atomic E-state index is -1.07. The number of Topliss-reactive ketones (excluding diaryl/α,β-unsaturated/α-hetero) is 1. The number of methoxy groups -OCH3 is 1. The summed E-state index contributed by atoms with van der Waals surface area (Å²) in [5.41, 5.74) is 2.88. The minimum Gasteiger partial charge on any atom is -0.497 e. The van der Waals surface area contributed by atoms with Gasteiger partial charge in [0, 0.05) is 23.2 Å². The number of carbonyl (C=O) groups is 3. The molecule has 3 aliphatic rings. The Hall–Kier alpha value is -4.14. The Morgan fingerprint density at radius 1 is 0.949 bits per heavy atom. The standard InChI is InChI=1S/C30H31NO8/c1-5-36-29(33)24-16(3)31-21-14-20(17-7-10-19(35-4)11-8-17)26(30(34)37-6-2)28(32)27(21)25(24)18-9-12-22-23(13-18)39-15-38-22/h7-13,20,25-27H,5-6,14-15H2,1-4H3/t20-,25-,26+,27?/m1/s1. The van der Waals surface area contributed by atoms with Crippen molar-refractivity contribution < 1.29 is 38.1 Å². The maximum atomic E-state index is 14.4. The van der Waals surface area contributed by atoms with Crippen molar-refractivity contribution in [3.8, 4) is 17.2 Å². The van der Waals surface area contributed by atoms with Gasteiger partial charge in [-0.2, -0.15) is 0 Å². The van der Waals surface area contributed by atoms with Crippen molar-refractivity contribution in [2.24, 2.45) is 16.8 Å². The van der Waals surface area contributed by atoms with Crippen LogP contribution in [0.2, 0.25) is 0 Å². The fraction of sp³-hybridized carbons (Fsp3) is 0.400. The number of nitrogens with zero attached hydrogens (tertiary/aromatic N) is 1. The number of fused-ring (bicyclic) bond motifs is 2. The van der Waals surface area contributed by atoms with E-state index in [-0.39, 0.29) is 25.8 Å². The highest BCUT2D eigenvalue weighted by atomic mass is 16.7. The van der Waals surface area contributed by atoms with Gasteiger partial charge in [-0.3, -0.25) is 14.6 Å². The first-order valence-electron chi connectivity index (χ1n) is 13.1. The van der Waals surface area contributed by atoms with Crippen LogP contribution in [0.15, 0.2) is 58.7 Å². The molecule has 0 saturated heterocycles. The summed E-state index contributed by atoms with van der Waals surface area (Å²) >= 11 is 0. The molecule has 2 aliphatic heterocycles. The summed E-state index contributed by atoms with van der Waals surface area (Å²) in [7, 11) is 1.58. The molecule has 0 N–H and O–H groups in total. The van der Waals surface area contributed by atoms with E-state index in [1.807, 2.05) is 18.2 Å². The molecule has 1 saturated carbocycles. The molecule has 39 heavy (non-hydrogen) atoms. The van der Waals surface area contributed by atoms with Gasteiger partial charge in [-0.15, -0.1) is 0 Å². The second kappa shape index (κ2) is 10.9. The number of benzene rings is 2. The molecule has 9 nitrogen and oxygen atoms in total. The van der Waals surface area contributed by atoms with E-state index >= 15 is 0 Å². The summed E-state index contributed by atoms with van der Waals surface area (Å²) in [5, 5.41) is 0. The van der Waals surface area contributed by atoms with Gasteiger partial charge in [0.2, 0.25) is 6.79 Å². The zero-order valence-electron chi connectivity index (χ0n) is 22.4. The first-order valence-corrected chi connectivity index (χ1v) is 13.1. The molecule has 2 aromatic carbocycles. The molecule has 9 heteroatoms. The third-order valence-electron chi connectivity index (χ3n) is 7.48. The van der Waals surface area contributed by atoms with Crippen LogP contribution in [0.4, 0.5) is 0 Å². The molecule has 0 amide bonds. The van der Waals surface area contributed by atoms with Gasteiger partial charge in [0.1, 0.15) is 11.7 Å². The third kappa shape index (κ3) is 4.77. The fourth-order valence-corrected chi connectivity index (χ4v) is 5.79. The Kier molecular flexibility index (Phi) is 7.41. The zero-order valence-corrected chi connectivity index (χ0v) is 22.4. The van der Waals surface area contributed by atoms with E-state index in [9.17, 15) is 14.4 Å². The summed E-state index contributed by atoms with van der Waals surface area (Å²) in [6.07, 6.45) is 0.348. The van der Waals surface area contributed by atoms with Gasteiger partial charge in [0.25, 0.3) is 0 Å². The van der Waals surface area contributed by atoms with E-state index in [1.54, 1.807) is 52.1 Å². The molecule has 0 radical (unpaired) electrons. The maximum Gasteiger partial charge on any atom is 0.336 e. The lowest BCUT2D eigenvalue weighted by Crippen LogP contribution is -2.48. The van der Waals surface area contributed by atoms with E-state index < -0.39 is 35.6 Å². The summed E-state index contributed by atoms with van der Waals surface area (Å²) < 4.78 is 27.2. The van der Waals surface area contributed by atoms with E-state index in [0.717, 1.165) is 5.56 Å². The van der Waals surface area contributed by atoms with Crippen LogP contribution in [-0.2, 0) is 23.9 Å². The molecule has 1 aliphatic carbocycles. The average molecular weight is 534 g/mol. The quantitative estimate of drug-likeness (QED) is 0.382. The molecule has 1 unspecified atom stereocenters. The molecular formula is C30H31NO8. The van der Waals surface area contributed by atoms with Crippen molar-refractivity contribution in [2.75, 3.05) is 27.1 Å². The number of hydrogen-bond donors (Lipinski definition) is 0. The van der Waals surface area contributed by atoms with Gasteiger partial charge < -0.3 is 23.7 Å². The monoisotopic (exact) mass is 533 g/mol. The van der Waals surface area contributed by atoms with Gasteiger partial charge in [-0.05, 0) is 62.6 Å². The predicted molar refractivity (Wildman–Crippen MR) is 141 cm³/mol. The van der Waals surface area contributed by atoms with Crippen molar-refractivity contribution in [1.29, 1.82) is 0 Å². The highest BCUT2D eigenvalue weighted by molar-refractivity contribution is 6.17. The van der Waals surface area contributed by atoms with Crippen LogP contribution in [0, 0.1) is 11.8 Å². The van der Waals surface area contributed by atoms with Crippen LogP contribution in [-0.4, -0.2) is 50.6 Å². The van der Waals surface area contributed by atoms with Crippen LogP contribution < -0.4 is 14.2 Å². The van der Waals surface area contributed by atoms with Gasteiger partial charge in [0.15, 0.2) is 17.3 Å². The SMILES string of the molecule is CCOC(=O)C1=C(C)N=C2C[C@H](c3ccc(OC)cc3)[C@H](C(=O)OCC)C(=O)C2[C@@H]1c1ccc2c(c1)OCO2. The van der Waals surface area contributed by atoms with E-state index in [0.29, 0.717) is 46.2 Å². The molecule has 1 fully saturated rings. The Labute approximate surface area is 226 Å². The molecular weight excluding hydrogens is 502 g/mol. The number of hydrogen-bond acceptors (Lipinski definition) is 9. The van der Waals surface area contributed by atoms with Crippen molar-refractivity contribution >= 4 is 23.4 Å². The van der Waals surface area contributed by atoms with Crippen molar-refractivity contribution in [2.45, 2.75) is 39.0 Å². The zero-order chi connectivity index (χ0) is 27.7. The smallest absolute Gasteiger partial charge is 0.336 e. The number of carbonyl (C=O) groups excluding carboxylic acids is 3. The Morgan fingerprint density at radius 3 is 2.33 bits per heavy atom. The minimum absolute atomic E-state index is 0.0899. The van der Waals surface area contributed by atoms with Gasteiger partial charge >= 0.3 is 11.9 Å². The number of ketones is 1. The van der Waals surface area contributed by atoms with Crippen molar-refractivity contribution in [3.05, 3.63) is 64.9 Å². The Bertz CT molecular complexity index is 1360. The number of esters is 2. The van der Waals surface area contributed by atoms with Crippen molar-refractivity contribution in [1.82, 2.24) is 0 Å². The van der Waals surface area contributed by atoms with Crippen LogP contribution in [0.3, 0.4) is 0 Å². The van der Waals surface area contributed by atoms with Crippen LogP contribution >= 0.6 is 0 Å². The highest BCUT2D eigenvalue weighted by Gasteiger charge is 2.53. The van der Waals surface area contributed by atoms with E-state index in [2.05, 4.69) is 0 Å². The fourth-order valence-electron chi connectivity index (χ4n) is 5.79. The van der Waals surface area contributed by atoms with Crippen LogP contribution in [0.1, 0.15) is 50.2 Å². The molecule has 0 bridgehead atoms. The number of rotatable bonds is 7. The molecule has 0 spiro atoms. The van der Waals surface area contributed by atoms with Crippen LogP contribution in [0.5, 0.6) is 17.2 Å². The topological polar surface area (TPSA) is 110 Å². The second-order valence-corrected chi connectivity index (χ2v) is 9.61. The Balaban J connectivity index is 1.64. The average Bonchev–Trinajstić information content (AvgIpc) is 3.40. The second-order valence-electron chi connectivity index (χ2n) is 9.61. The number of ether oxygens (including phenoxy) is 5. The highest BCUT2D eigenvalue weighted by Crippen LogP contribution is 2.49. The van der Waals surface area contributed by atoms with E-state index in [1.165, 1.54) is 0 Å². The lowest BCUT2D eigenvalue weighted by Gasteiger charge is -2.41. The van der Waals surface area contributed by atoms with E-state index in [4.69, 9.17) is 28.7 Å². The lowest BCUT2D eigenvalue weighted by atomic mass is 9.62. The van der Waals surface area contributed by atoms with Crippen molar-refractivity contribution in [3.63, 3.8) is 0 Å². The summed E-state index contributed by atoms with van der Waals surface area (Å²) in [4.78, 5) is 45.7. The number of allylic oxidation sites excluding steroid dienone is 1. The maximum absolute atomic E-state index is 14.4. The first-order chi connectivity index (χ1) is 18.9. The first kappa shape index (κ1) is 26.5. The van der Waals surface area contributed by atoms with Gasteiger partial charge in [-0.25, -0.2) is 4.79 Å². The predicted octanol–water partition coefficient (Wildman–Crippen LogP) is 4.35. The van der Waals surface area contributed by atoms with Crippen LogP contribution in [0.25, 0.3) is 0 Å². The van der Waals surface area contributed by atoms with Gasteiger partial charge in [-0.1, -0.05) is 18.2 Å². The Morgan fingerprint density at radius 2 is 1.64 bits per heavy atom. The van der Waals surface area contributed by atoms with Gasteiger partial charge in [0.05, 0.1) is 31.8 Å². The number of aliphatic imine (C=N–C) groups is 1. The molecule has 204 valence electrons. The lowest BCUT2D eigenvalue weighted by molar-refractivity contribution is -0.153.